The van der Waals surface area contributed by atoms with E-state index >= 15 is 0 Å². The number of urea groups is 1. The van der Waals surface area contributed by atoms with Crippen LogP contribution in [0, 0.1) is 0 Å². The fraction of sp³-hybridized carbons (Fsp3) is 0.167. The lowest BCUT2D eigenvalue weighted by atomic mass is 10.3. The molecule has 0 heterocycles. The van der Waals surface area contributed by atoms with Crippen LogP contribution < -0.4 is 10.1 Å². The second-order valence-electron chi connectivity index (χ2n) is 4.94. The van der Waals surface area contributed by atoms with E-state index in [0.29, 0.717) is 28.8 Å². The number of carbonyl (C=O) groups excluding carboxylic acids is 1. The highest BCUT2D eigenvalue weighted by atomic mass is 35.5. The molecule has 2 amide bonds. The molecule has 0 atom stereocenters. The smallest absolute Gasteiger partial charge is 0.322 e. The van der Waals surface area contributed by atoms with E-state index in [0.717, 1.165) is 0 Å². The minimum absolute atomic E-state index is 0.135. The number of ether oxygens (including phenoxy) is 1. The van der Waals surface area contributed by atoms with Gasteiger partial charge in [0.1, 0.15) is 5.75 Å². The lowest BCUT2D eigenvalue weighted by molar-refractivity contribution is 0.195. The lowest BCUT2D eigenvalue weighted by Gasteiger charge is -2.21. The first kappa shape index (κ1) is 17.8. The Morgan fingerprint density at radius 3 is 2.71 bits per heavy atom. The van der Waals surface area contributed by atoms with Gasteiger partial charge in [0, 0.05) is 18.1 Å². The van der Waals surface area contributed by atoms with Gasteiger partial charge in [-0.15, -0.1) is 6.58 Å². The Morgan fingerprint density at radius 2 is 2.04 bits per heavy atom. The predicted molar refractivity (Wildman–Crippen MR) is 95.8 cm³/mol. The van der Waals surface area contributed by atoms with Crippen molar-refractivity contribution < 1.29 is 14.6 Å². The number of hydrogen-bond donors (Lipinski definition) is 2. The van der Waals surface area contributed by atoms with Gasteiger partial charge >= 0.3 is 6.03 Å². The highest BCUT2D eigenvalue weighted by molar-refractivity contribution is 6.31. The summed E-state index contributed by atoms with van der Waals surface area (Å²) in [6.45, 7) is 4.00. The number of nitrogens with one attached hydrogen (secondary N) is 1. The van der Waals surface area contributed by atoms with E-state index in [1.807, 2.05) is 30.3 Å². The van der Waals surface area contributed by atoms with Gasteiger partial charge in [0.2, 0.25) is 0 Å². The molecule has 0 radical (unpaired) electrons. The molecule has 126 valence electrons. The summed E-state index contributed by atoms with van der Waals surface area (Å²) < 4.78 is 5.80. The van der Waals surface area contributed by atoms with E-state index in [1.165, 1.54) is 4.90 Å². The molecule has 0 aliphatic rings. The van der Waals surface area contributed by atoms with Crippen LogP contribution in [-0.2, 0) is 0 Å². The summed E-state index contributed by atoms with van der Waals surface area (Å²) in [5.41, 5.74) is 0.448. The fourth-order valence-corrected chi connectivity index (χ4v) is 2.22. The number of amides is 2. The summed E-state index contributed by atoms with van der Waals surface area (Å²) in [6.07, 6.45) is 1.59. The van der Waals surface area contributed by atoms with Gasteiger partial charge in [0.05, 0.1) is 12.3 Å². The molecule has 0 bridgehead atoms. The molecule has 5 nitrogen and oxygen atoms in total. The van der Waals surface area contributed by atoms with Crippen molar-refractivity contribution in [3.05, 3.63) is 66.2 Å². The third kappa shape index (κ3) is 5.01. The largest absolute Gasteiger partial charge is 0.455 e. The van der Waals surface area contributed by atoms with Crippen LogP contribution in [-0.4, -0.2) is 35.7 Å². The molecular formula is C18H19ClN2O3. The molecule has 0 saturated heterocycles. The zero-order valence-corrected chi connectivity index (χ0v) is 13.9. The lowest BCUT2D eigenvalue weighted by Crippen LogP contribution is -2.37. The molecular weight excluding hydrogens is 328 g/mol. The van der Waals surface area contributed by atoms with Gasteiger partial charge in [-0.05, 0) is 30.3 Å². The molecule has 0 aromatic heterocycles. The number of aliphatic hydroxyl groups is 1. The van der Waals surface area contributed by atoms with Crippen molar-refractivity contribution in [1.29, 1.82) is 0 Å². The first-order valence-corrected chi connectivity index (χ1v) is 7.82. The second-order valence-corrected chi connectivity index (χ2v) is 5.38. The Kier molecular flexibility index (Phi) is 6.66. The molecule has 6 heteroatoms. The summed E-state index contributed by atoms with van der Waals surface area (Å²) in [5.74, 6) is 1.12. The van der Waals surface area contributed by atoms with Gasteiger partial charge in [-0.3, -0.25) is 0 Å². The molecule has 2 N–H and O–H groups in total. The zero-order valence-electron chi connectivity index (χ0n) is 13.1. The van der Waals surface area contributed by atoms with Crippen molar-refractivity contribution >= 4 is 23.3 Å². The Labute approximate surface area is 146 Å². The number of rotatable bonds is 7. The molecule has 24 heavy (non-hydrogen) atoms. The van der Waals surface area contributed by atoms with Crippen LogP contribution in [0.25, 0.3) is 0 Å². The van der Waals surface area contributed by atoms with Gasteiger partial charge in [-0.1, -0.05) is 35.9 Å². The number of para-hydroxylation sites is 1. The van der Waals surface area contributed by atoms with Crippen molar-refractivity contribution in [2.24, 2.45) is 0 Å². The minimum atomic E-state index is -0.371. The first-order chi connectivity index (χ1) is 11.6. The monoisotopic (exact) mass is 346 g/mol. The Hall–Kier alpha value is -2.50. The van der Waals surface area contributed by atoms with Crippen LogP contribution in [0.1, 0.15) is 0 Å². The maximum absolute atomic E-state index is 12.4. The predicted octanol–water partition coefficient (Wildman–Crippen LogP) is 4.14. The summed E-state index contributed by atoms with van der Waals surface area (Å²) in [5, 5.41) is 12.3. The number of anilines is 1. The molecule has 0 saturated carbocycles. The Bertz CT molecular complexity index is 692. The molecule has 0 aliphatic carbocycles. The molecule has 0 spiro atoms. The van der Waals surface area contributed by atoms with E-state index in [2.05, 4.69) is 11.9 Å². The summed E-state index contributed by atoms with van der Waals surface area (Å²) >= 11 is 6.03. The number of nitrogens with zero attached hydrogens (tertiary/aromatic N) is 1. The number of aliphatic hydroxyl groups excluding tert-OH is 1. The summed E-state index contributed by atoms with van der Waals surface area (Å²) in [7, 11) is 0. The SMILES string of the molecule is C=CCN(CCO)C(=O)Nc1cc(Cl)ccc1Oc1ccccc1. The Morgan fingerprint density at radius 1 is 1.29 bits per heavy atom. The van der Waals surface area contributed by atoms with Crippen LogP contribution >= 0.6 is 11.6 Å². The summed E-state index contributed by atoms with van der Waals surface area (Å²) in [4.78, 5) is 13.8. The van der Waals surface area contributed by atoms with Gasteiger partial charge in [0.15, 0.2) is 5.75 Å². The van der Waals surface area contributed by atoms with Gasteiger partial charge in [0.25, 0.3) is 0 Å². The van der Waals surface area contributed by atoms with Gasteiger partial charge < -0.3 is 20.1 Å². The number of hydrogen-bond acceptors (Lipinski definition) is 3. The highest BCUT2D eigenvalue weighted by Gasteiger charge is 2.15. The molecule has 2 rings (SSSR count). The van der Waals surface area contributed by atoms with Crippen LogP contribution in [0.15, 0.2) is 61.2 Å². The topological polar surface area (TPSA) is 61.8 Å². The van der Waals surface area contributed by atoms with Crippen molar-refractivity contribution in [2.45, 2.75) is 0 Å². The fourth-order valence-electron chi connectivity index (χ4n) is 2.05. The molecule has 0 aliphatic heterocycles. The highest BCUT2D eigenvalue weighted by Crippen LogP contribution is 2.32. The number of carbonyl (C=O) groups is 1. The number of halogens is 1. The van der Waals surface area contributed by atoms with E-state index in [9.17, 15) is 4.79 Å². The van der Waals surface area contributed by atoms with Crippen LogP contribution in [0.3, 0.4) is 0 Å². The van der Waals surface area contributed by atoms with Crippen molar-refractivity contribution in [1.82, 2.24) is 4.90 Å². The van der Waals surface area contributed by atoms with Crippen molar-refractivity contribution in [3.63, 3.8) is 0 Å². The minimum Gasteiger partial charge on any atom is -0.455 e. The molecule has 0 unspecified atom stereocenters. The van der Waals surface area contributed by atoms with E-state index in [1.54, 1.807) is 24.3 Å². The Balaban J connectivity index is 2.20. The van der Waals surface area contributed by atoms with E-state index in [-0.39, 0.29) is 19.2 Å². The van der Waals surface area contributed by atoms with Crippen molar-refractivity contribution in [2.75, 3.05) is 25.0 Å². The normalized spacial score (nSPS) is 10.1. The quantitative estimate of drug-likeness (QED) is 0.740. The summed E-state index contributed by atoms with van der Waals surface area (Å²) in [6, 6.07) is 13.9. The molecule has 2 aromatic rings. The average molecular weight is 347 g/mol. The van der Waals surface area contributed by atoms with Crippen molar-refractivity contribution in [3.8, 4) is 11.5 Å². The average Bonchev–Trinajstić information content (AvgIpc) is 2.58. The molecule has 2 aromatic carbocycles. The van der Waals surface area contributed by atoms with Crippen LogP contribution in [0.2, 0.25) is 5.02 Å². The maximum atomic E-state index is 12.4. The second kappa shape index (κ2) is 8.96. The van der Waals surface area contributed by atoms with Crippen LogP contribution in [0.4, 0.5) is 10.5 Å². The molecule has 0 fully saturated rings. The van der Waals surface area contributed by atoms with Gasteiger partial charge in [-0.2, -0.15) is 0 Å². The first-order valence-electron chi connectivity index (χ1n) is 7.44. The van der Waals surface area contributed by atoms with Crippen LogP contribution in [0.5, 0.6) is 11.5 Å². The maximum Gasteiger partial charge on any atom is 0.322 e. The van der Waals surface area contributed by atoms with E-state index in [4.69, 9.17) is 21.4 Å². The van der Waals surface area contributed by atoms with E-state index < -0.39 is 0 Å². The zero-order chi connectivity index (χ0) is 17.4. The standard InChI is InChI=1S/C18H19ClN2O3/c1-2-10-21(11-12-22)18(23)20-16-13-14(19)8-9-17(16)24-15-6-4-3-5-7-15/h2-9,13,22H,1,10-12H2,(H,20,23). The number of benzene rings is 2. The van der Waals surface area contributed by atoms with Gasteiger partial charge in [-0.25, -0.2) is 4.79 Å². The third-order valence-electron chi connectivity index (χ3n) is 3.16. The third-order valence-corrected chi connectivity index (χ3v) is 3.40.